The van der Waals surface area contributed by atoms with Gasteiger partial charge in [-0.3, -0.25) is 0 Å². The second-order valence-electron chi connectivity index (χ2n) is 2.91. The highest BCUT2D eigenvalue weighted by Crippen LogP contribution is 2.34. The molecule has 0 radical (unpaired) electrons. The van der Waals surface area contributed by atoms with E-state index in [-0.39, 0.29) is 16.9 Å². The summed E-state index contributed by atoms with van der Waals surface area (Å²) >= 11 is 9.16. The zero-order valence-electron chi connectivity index (χ0n) is 8.48. The number of aliphatic imine (C=N–C) groups is 2. The minimum Gasteiger partial charge on any atom is -0.370 e. The average molecular weight is 316 g/mol. The van der Waals surface area contributed by atoms with Crippen LogP contribution in [-0.4, -0.2) is 11.9 Å². The molecule has 0 aliphatic carbocycles. The van der Waals surface area contributed by atoms with Gasteiger partial charge < -0.3 is 17.2 Å². The first-order valence-corrected chi connectivity index (χ1v) is 5.44. The van der Waals surface area contributed by atoms with Gasteiger partial charge in [0.15, 0.2) is 5.96 Å². The Morgan fingerprint density at radius 2 is 2.00 bits per heavy atom. The van der Waals surface area contributed by atoms with Gasteiger partial charge in [-0.15, -0.1) is 0 Å². The number of nitriles is 1. The van der Waals surface area contributed by atoms with Crippen molar-refractivity contribution in [2.45, 2.75) is 0 Å². The van der Waals surface area contributed by atoms with E-state index >= 15 is 0 Å². The van der Waals surface area contributed by atoms with Gasteiger partial charge in [0.25, 0.3) is 0 Å². The van der Waals surface area contributed by atoms with Crippen LogP contribution in [-0.2, 0) is 0 Å². The summed E-state index contributed by atoms with van der Waals surface area (Å²) in [6.45, 7) is 0. The normalized spacial score (nSPS) is 10.8. The van der Waals surface area contributed by atoms with Crippen LogP contribution in [0.2, 0.25) is 5.02 Å². The zero-order chi connectivity index (χ0) is 13.0. The van der Waals surface area contributed by atoms with E-state index in [1.165, 1.54) is 6.07 Å². The van der Waals surface area contributed by atoms with E-state index in [9.17, 15) is 0 Å². The minimum absolute atomic E-state index is 0.127. The van der Waals surface area contributed by atoms with Crippen molar-refractivity contribution in [2.24, 2.45) is 27.2 Å². The lowest BCUT2D eigenvalue weighted by molar-refractivity contribution is 1.37. The number of guanidine groups is 2. The summed E-state index contributed by atoms with van der Waals surface area (Å²) in [6.07, 6.45) is 0. The van der Waals surface area contributed by atoms with Crippen molar-refractivity contribution in [3.8, 4) is 6.07 Å². The minimum atomic E-state index is -0.202. The van der Waals surface area contributed by atoms with Crippen molar-refractivity contribution in [3.63, 3.8) is 0 Å². The molecular formula is C9H8BrClN6. The Hall–Kier alpha value is -1.78. The van der Waals surface area contributed by atoms with Gasteiger partial charge in [-0.05, 0) is 28.1 Å². The fourth-order valence-electron chi connectivity index (χ4n) is 1.01. The zero-order valence-corrected chi connectivity index (χ0v) is 10.8. The molecule has 0 aliphatic rings. The highest BCUT2D eigenvalue weighted by molar-refractivity contribution is 9.10. The van der Waals surface area contributed by atoms with Crippen LogP contribution in [0.25, 0.3) is 0 Å². The second kappa shape index (κ2) is 5.52. The summed E-state index contributed by atoms with van der Waals surface area (Å²) in [7, 11) is 0. The van der Waals surface area contributed by atoms with Crippen molar-refractivity contribution < 1.29 is 0 Å². The molecule has 0 aromatic heterocycles. The highest BCUT2D eigenvalue weighted by Gasteiger charge is 2.07. The van der Waals surface area contributed by atoms with Gasteiger partial charge in [-0.1, -0.05) is 11.6 Å². The summed E-state index contributed by atoms with van der Waals surface area (Å²) in [5.41, 5.74) is 16.5. The molecule has 6 N–H and O–H groups in total. The van der Waals surface area contributed by atoms with Crippen LogP contribution < -0.4 is 17.2 Å². The molecule has 0 bridgehead atoms. The lowest BCUT2D eigenvalue weighted by Gasteiger charge is -2.03. The van der Waals surface area contributed by atoms with Gasteiger partial charge in [-0.25, -0.2) is 4.99 Å². The van der Waals surface area contributed by atoms with E-state index in [2.05, 4.69) is 25.9 Å². The largest absolute Gasteiger partial charge is 0.370 e. The molecule has 1 aromatic rings. The molecule has 0 heterocycles. The van der Waals surface area contributed by atoms with Crippen molar-refractivity contribution >= 4 is 45.1 Å². The number of nitrogens with two attached hydrogens (primary N) is 3. The van der Waals surface area contributed by atoms with Crippen LogP contribution in [0.15, 0.2) is 26.6 Å². The number of rotatable bonds is 1. The van der Waals surface area contributed by atoms with E-state index < -0.39 is 0 Å². The third kappa shape index (κ3) is 3.62. The van der Waals surface area contributed by atoms with E-state index in [1.54, 1.807) is 6.07 Å². The van der Waals surface area contributed by atoms with Crippen molar-refractivity contribution in [3.05, 3.63) is 27.2 Å². The number of halogens is 2. The lowest BCUT2D eigenvalue weighted by atomic mass is 10.2. The van der Waals surface area contributed by atoms with Crippen LogP contribution in [0.1, 0.15) is 5.56 Å². The molecule has 1 rings (SSSR count). The molecule has 0 spiro atoms. The third-order valence-corrected chi connectivity index (χ3v) is 2.51. The number of nitrogens with zero attached hydrogens (tertiary/aromatic N) is 3. The van der Waals surface area contributed by atoms with Crippen LogP contribution >= 0.6 is 27.5 Å². The van der Waals surface area contributed by atoms with Crippen molar-refractivity contribution in [1.82, 2.24) is 0 Å². The summed E-state index contributed by atoms with van der Waals surface area (Å²) in [6, 6.07) is 4.99. The number of hydrogen-bond donors (Lipinski definition) is 3. The quantitative estimate of drug-likeness (QED) is 0.531. The van der Waals surface area contributed by atoms with Gasteiger partial charge in [0.1, 0.15) is 0 Å². The Bertz CT molecular complexity index is 518. The number of benzene rings is 1. The summed E-state index contributed by atoms with van der Waals surface area (Å²) < 4.78 is 0.523. The SMILES string of the molecule is N#Cc1cc(Cl)c(N=C(N)N=C(N)N)c(Br)c1. The summed E-state index contributed by atoms with van der Waals surface area (Å²) in [4.78, 5) is 7.49. The van der Waals surface area contributed by atoms with Crippen LogP contribution in [0.3, 0.4) is 0 Å². The molecular weight excluding hydrogens is 307 g/mol. The Balaban J connectivity index is 3.26. The van der Waals surface area contributed by atoms with E-state index in [1.807, 2.05) is 6.07 Å². The molecule has 0 saturated carbocycles. The Labute approximate surface area is 111 Å². The molecule has 0 saturated heterocycles. The predicted molar refractivity (Wildman–Crippen MR) is 71.0 cm³/mol. The van der Waals surface area contributed by atoms with Crippen molar-refractivity contribution in [1.29, 1.82) is 5.26 Å². The lowest BCUT2D eigenvalue weighted by Crippen LogP contribution is -2.26. The Morgan fingerprint density at radius 1 is 1.35 bits per heavy atom. The molecule has 0 amide bonds. The standard InChI is InChI=1S/C9H8BrClN6/c10-5-1-4(3-12)2-6(11)7(5)16-9(15)17-8(13)14/h1-2H,(H6,13,14,15,16,17). The fraction of sp³-hybridized carbons (Fsp3) is 0. The molecule has 6 nitrogen and oxygen atoms in total. The Morgan fingerprint density at radius 3 is 2.47 bits per heavy atom. The summed E-state index contributed by atoms with van der Waals surface area (Å²) in [5, 5.41) is 9.00. The van der Waals surface area contributed by atoms with Gasteiger partial charge in [0, 0.05) is 4.47 Å². The number of hydrogen-bond acceptors (Lipinski definition) is 2. The first-order chi connectivity index (χ1) is 7.93. The van der Waals surface area contributed by atoms with Gasteiger partial charge >= 0.3 is 0 Å². The molecule has 1 aromatic carbocycles. The molecule has 8 heteroatoms. The van der Waals surface area contributed by atoms with E-state index in [0.717, 1.165) is 0 Å². The fourth-order valence-corrected chi connectivity index (χ4v) is 1.93. The monoisotopic (exact) mass is 314 g/mol. The molecule has 0 atom stereocenters. The molecule has 0 fully saturated rings. The van der Waals surface area contributed by atoms with Crippen LogP contribution in [0.4, 0.5) is 5.69 Å². The second-order valence-corrected chi connectivity index (χ2v) is 4.17. The highest BCUT2D eigenvalue weighted by atomic mass is 79.9. The van der Waals surface area contributed by atoms with E-state index in [4.69, 9.17) is 34.1 Å². The molecule has 88 valence electrons. The first-order valence-electron chi connectivity index (χ1n) is 4.27. The molecule has 17 heavy (non-hydrogen) atoms. The maximum atomic E-state index is 8.73. The van der Waals surface area contributed by atoms with Gasteiger partial charge in [-0.2, -0.15) is 10.3 Å². The smallest absolute Gasteiger partial charge is 0.223 e. The van der Waals surface area contributed by atoms with Gasteiger partial charge in [0.2, 0.25) is 5.96 Å². The average Bonchev–Trinajstić information content (AvgIpc) is 2.22. The first kappa shape index (κ1) is 13.3. The van der Waals surface area contributed by atoms with Crippen molar-refractivity contribution in [2.75, 3.05) is 0 Å². The van der Waals surface area contributed by atoms with E-state index in [0.29, 0.717) is 15.7 Å². The topological polar surface area (TPSA) is 127 Å². The van der Waals surface area contributed by atoms with Crippen LogP contribution in [0.5, 0.6) is 0 Å². The Kier molecular flexibility index (Phi) is 4.31. The molecule has 0 aliphatic heterocycles. The maximum Gasteiger partial charge on any atom is 0.223 e. The van der Waals surface area contributed by atoms with Gasteiger partial charge in [0.05, 0.1) is 22.3 Å². The predicted octanol–water partition coefficient (Wildman–Crippen LogP) is 1.19. The molecule has 0 unspecified atom stereocenters. The maximum absolute atomic E-state index is 8.73. The van der Waals surface area contributed by atoms with Crippen LogP contribution in [0, 0.1) is 11.3 Å². The summed E-state index contributed by atoms with van der Waals surface area (Å²) in [5.74, 6) is -0.329. The third-order valence-electron chi connectivity index (χ3n) is 1.62.